The Morgan fingerprint density at radius 2 is 2.10 bits per heavy atom. The van der Waals surface area contributed by atoms with Crippen LogP contribution >= 0.6 is 15.9 Å². The fourth-order valence-corrected chi connectivity index (χ4v) is 2.16. The normalized spacial score (nSPS) is 10.2. The molecule has 6 heteroatoms. The Labute approximate surface area is 125 Å². The monoisotopic (exact) mass is 334 g/mol. The van der Waals surface area contributed by atoms with Crippen molar-refractivity contribution in [3.8, 4) is 0 Å². The van der Waals surface area contributed by atoms with Gasteiger partial charge < -0.3 is 16.0 Å². The molecule has 20 heavy (non-hydrogen) atoms. The fourth-order valence-electron chi connectivity index (χ4n) is 1.78. The first-order chi connectivity index (χ1) is 9.49. The van der Waals surface area contributed by atoms with Crippen LogP contribution in [0.2, 0.25) is 0 Å². The number of pyridine rings is 1. The maximum absolute atomic E-state index is 12.3. The predicted octanol–water partition coefficient (Wildman–Crippen LogP) is 2.74. The maximum atomic E-state index is 12.3. The van der Waals surface area contributed by atoms with Gasteiger partial charge in [-0.1, -0.05) is 15.9 Å². The minimum Gasteiger partial charge on any atom is -0.398 e. The lowest BCUT2D eigenvalue weighted by molar-refractivity contribution is 0.102. The third-order valence-corrected chi connectivity index (χ3v) is 3.21. The smallest absolute Gasteiger partial charge is 0.257 e. The summed E-state index contributed by atoms with van der Waals surface area (Å²) < 4.78 is 0.835. The van der Waals surface area contributed by atoms with Crippen molar-refractivity contribution in [1.82, 2.24) is 4.98 Å². The highest BCUT2D eigenvalue weighted by Gasteiger charge is 2.13. The van der Waals surface area contributed by atoms with Gasteiger partial charge in [0.05, 0.1) is 11.3 Å². The molecular weight excluding hydrogens is 320 g/mol. The highest BCUT2D eigenvalue weighted by atomic mass is 79.9. The van der Waals surface area contributed by atoms with Crippen LogP contribution in [0, 0.1) is 0 Å². The van der Waals surface area contributed by atoms with Gasteiger partial charge >= 0.3 is 0 Å². The largest absolute Gasteiger partial charge is 0.398 e. The molecule has 0 saturated heterocycles. The number of benzene rings is 1. The van der Waals surface area contributed by atoms with Gasteiger partial charge in [-0.2, -0.15) is 0 Å². The third-order valence-electron chi connectivity index (χ3n) is 2.72. The first kappa shape index (κ1) is 14.3. The Kier molecular flexibility index (Phi) is 4.24. The number of nitrogen functional groups attached to an aromatic ring is 1. The van der Waals surface area contributed by atoms with Gasteiger partial charge in [-0.3, -0.25) is 4.79 Å². The highest BCUT2D eigenvalue weighted by molar-refractivity contribution is 9.10. The van der Waals surface area contributed by atoms with Crippen molar-refractivity contribution in [3.63, 3.8) is 0 Å². The van der Waals surface area contributed by atoms with E-state index in [0.29, 0.717) is 22.8 Å². The van der Waals surface area contributed by atoms with Gasteiger partial charge in [-0.25, -0.2) is 4.98 Å². The average molecular weight is 335 g/mol. The standard InChI is InChI=1S/C14H15BrN4O/c1-19(2)13-12(4-3-7-17-13)18-14(20)10-6-5-9(15)8-11(10)16/h3-8H,16H2,1-2H3,(H,18,20). The van der Waals surface area contributed by atoms with Crippen LogP contribution in [0.25, 0.3) is 0 Å². The van der Waals surface area contributed by atoms with Gasteiger partial charge in [0.15, 0.2) is 5.82 Å². The zero-order valence-electron chi connectivity index (χ0n) is 11.2. The SMILES string of the molecule is CN(C)c1ncccc1NC(=O)c1ccc(Br)cc1N. The minimum atomic E-state index is -0.258. The van der Waals surface area contributed by atoms with Crippen molar-refractivity contribution in [2.24, 2.45) is 0 Å². The number of hydrogen-bond acceptors (Lipinski definition) is 4. The van der Waals surface area contributed by atoms with E-state index in [0.717, 1.165) is 4.47 Å². The zero-order chi connectivity index (χ0) is 14.7. The number of anilines is 3. The molecule has 2 aromatic rings. The van der Waals surface area contributed by atoms with Crippen LogP contribution in [0.1, 0.15) is 10.4 Å². The number of hydrogen-bond donors (Lipinski definition) is 2. The molecule has 0 radical (unpaired) electrons. The van der Waals surface area contributed by atoms with Gasteiger partial charge in [-0.15, -0.1) is 0 Å². The van der Waals surface area contributed by atoms with Crippen molar-refractivity contribution in [2.45, 2.75) is 0 Å². The molecule has 0 spiro atoms. The number of amides is 1. The van der Waals surface area contributed by atoms with Crippen LogP contribution < -0.4 is 16.0 Å². The summed E-state index contributed by atoms with van der Waals surface area (Å²) in [4.78, 5) is 18.3. The van der Waals surface area contributed by atoms with Gasteiger partial charge in [0.1, 0.15) is 0 Å². The molecule has 1 heterocycles. The molecule has 2 rings (SSSR count). The molecule has 5 nitrogen and oxygen atoms in total. The number of nitrogens with zero attached hydrogens (tertiary/aromatic N) is 2. The third kappa shape index (κ3) is 3.08. The number of rotatable bonds is 3. The average Bonchev–Trinajstić information content (AvgIpc) is 2.38. The first-order valence-electron chi connectivity index (χ1n) is 5.97. The second-order valence-electron chi connectivity index (χ2n) is 4.45. The van der Waals surface area contributed by atoms with E-state index in [1.807, 2.05) is 19.0 Å². The van der Waals surface area contributed by atoms with E-state index >= 15 is 0 Å². The summed E-state index contributed by atoms with van der Waals surface area (Å²) in [5, 5.41) is 2.83. The summed E-state index contributed by atoms with van der Waals surface area (Å²) in [6.45, 7) is 0. The van der Waals surface area contributed by atoms with Crippen LogP contribution in [0.4, 0.5) is 17.2 Å². The summed E-state index contributed by atoms with van der Waals surface area (Å²) in [6, 6.07) is 8.73. The molecule has 1 aromatic heterocycles. The summed E-state index contributed by atoms with van der Waals surface area (Å²) >= 11 is 3.31. The summed E-state index contributed by atoms with van der Waals surface area (Å²) in [5.74, 6) is 0.433. The van der Waals surface area contributed by atoms with E-state index in [1.54, 1.807) is 36.5 Å². The number of aromatic nitrogens is 1. The lowest BCUT2D eigenvalue weighted by atomic mass is 10.1. The number of halogens is 1. The molecule has 3 N–H and O–H groups in total. The van der Waals surface area contributed by atoms with Crippen molar-refractivity contribution in [2.75, 3.05) is 30.0 Å². The lowest BCUT2D eigenvalue weighted by Crippen LogP contribution is -2.18. The number of carbonyl (C=O) groups is 1. The van der Waals surface area contributed by atoms with Crippen LogP contribution in [-0.4, -0.2) is 25.0 Å². The number of nitrogens with two attached hydrogens (primary N) is 1. The molecule has 0 fully saturated rings. The van der Waals surface area contributed by atoms with E-state index in [2.05, 4.69) is 26.2 Å². The van der Waals surface area contributed by atoms with E-state index in [1.165, 1.54) is 0 Å². The quantitative estimate of drug-likeness (QED) is 0.846. The molecule has 1 amide bonds. The van der Waals surface area contributed by atoms with Gasteiger partial charge in [0.25, 0.3) is 5.91 Å². The molecule has 0 aliphatic rings. The zero-order valence-corrected chi connectivity index (χ0v) is 12.8. The Bertz CT molecular complexity index is 643. The van der Waals surface area contributed by atoms with Crippen LogP contribution in [0.3, 0.4) is 0 Å². The Morgan fingerprint density at radius 3 is 2.75 bits per heavy atom. The molecule has 0 aliphatic heterocycles. The molecular formula is C14H15BrN4O. The van der Waals surface area contributed by atoms with Crippen molar-refractivity contribution >= 4 is 39.0 Å². The lowest BCUT2D eigenvalue weighted by Gasteiger charge is -2.16. The second kappa shape index (κ2) is 5.92. The van der Waals surface area contributed by atoms with Crippen LogP contribution in [-0.2, 0) is 0 Å². The van der Waals surface area contributed by atoms with E-state index in [9.17, 15) is 4.79 Å². The molecule has 0 atom stereocenters. The minimum absolute atomic E-state index is 0.258. The number of carbonyl (C=O) groups excluding carboxylic acids is 1. The number of nitrogens with one attached hydrogen (secondary N) is 1. The molecule has 0 saturated carbocycles. The van der Waals surface area contributed by atoms with Crippen molar-refractivity contribution in [1.29, 1.82) is 0 Å². The van der Waals surface area contributed by atoms with Crippen LogP contribution in [0.5, 0.6) is 0 Å². The molecule has 104 valence electrons. The predicted molar refractivity (Wildman–Crippen MR) is 85.1 cm³/mol. The van der Waals surface area contributed by atoms with Crippen molar-refractivity contribution in [3.05, 3.63) is 46.6 Å². The Morgan fingerprint density at radius 1 is 1.35 bits per heavy atom. The van der Waals surface area contributed by atoms with Crippen LogP contribution in [0.15, 0.2) is 41.0 Å². The van der Waals surface area contributed by atoms with E-state index in [4.69, 9.17) is 5.73 Å². The Balaban J connectivity index is 2.28. The maximum Gasteiger partial charge on any atom is 0.257 e. The highest BCUT2D eigenvalue weighted by Crippen LogP contribution is 2.23. The van der Waals surface area contributed by atoms with Gasteiger partial charge in [0.2, 0.25) is 0 Å². The summed E-state index contributed by atoms with van der Waals surface area (Å²) in [7, 11) is 3.73. The molecule has 1 aromatic carbocycles. The molecule has 0 unspecified atom stereocenters. The van der Waals surface area contributed by atoms with Gasteiger partial charge in [-0.05, 0) is 30.3 Å². The second-order valence-corrected chi connectivity index (χ2v) is 5.37. The van der Waals surface area contributed by atoms with E-state index < -0.39 is 0 Å². The van der Waals surface area contributed by atoms with E-state index in [-0.39, 0.29) is 5.91 Å². The molecule has 0 aliphatic carbocycles. The Hall–Kier alpha value is -2.08. The summed E-state index contributed by atoms with van der Waals surface area (Å²) in [6.07, 6.45) is 1.68. The topological polar surface area (TPSA) is 71.2 Å². The van der Waals surface area contributed by atoms with Gasteiger partial charge in [0, 0.05) is 30.5 Å². The molecule has 0 bridgehead atoms. The fraction of sp³-hybridized carbons (Fsp3) is 0.143. The van der Waals surface area contributed by atoms with Crippen molar-refractivity contribution < 1.29 is 4.79 Å². The first-order valence-corrected chi connectivity index (χ1v) is 6.77. The summed E-state index contributed by atoms with van der Waals surface area (Å²) in [5.41, 5.74) is 7.36.